The van der Waals surface area contributed by atoms with E-state index >= 15 is 0 Å². The highest BCUT2D eigenvalue weighted by Gasteiger charge is 2.00. The van der Waals surface area contributed by atoms with E-state index < -0.39 is 0 Å². The van der Waals surface area contributed by atoms with Crippen molar-refractivity contribution in [2.45, 2.75) is 45.6 Å². The molecule has 15 heavy (non-hydrogen) atoms. The molecule has 0 aliphatic rings. The zero-order chi connectivity index (χ0) is 11.1. The first kappa shape index (κ1) is 12.6. The second kappa shape index (κ2) is 6.91. The monoisotopic (exact) mass is 223 g/mol. The zero-order valence-electron chi connectivity index (χ0n) is 9.66. The Kier molecular flexibility index (Phi) is 5.81. The fraction of sp³-hybridized carbons (Fsp3) is 0.538. The lowest BCUT2D eigenvalue weighted by molar-refractivity contribution is 0.692. The van der Waals surface area contributed by atoms with Gasteiger partial charge in [-0.3, -0.25) is 4.72 Å². The summed E-state index contributed by atoms with van der Waals surface area (Å²) >= 11 is 4.06. The third kappa shape index (κ3) is 4.72. The fourth-order valence-corrected chi connectivity index (χ4v) is 1.71. The highest BCUT2D eigenvalue weighted by Crippen LogP contribution is 2.09. The third-order valence-corrected chi connectivity index (χ3v) is 3.05. The van der Waals surface area contributed by atoms with E-state index in [1.807, 2.05) is 0 Å². The van der Waals surface area contributed by atoms with E-state index in [9.17, 15) is 0 Å². The first-order valence-electron chi connectivity index (χ1n) is 5.73. The van der Waals surface area contributed by atoms with Gasteiger partial charge < -0.3 is 0 Å². The molecule has 0 aliphatic heterocycles. The van der Waals surface area contributed by atoms with E-state index in [0.717, 1.165) is 6.42 Å². The van der Waals surface area contributed by atoms with Gasteiger partial charge in [0.1, 0.15) is 0 Å². The average molecular weight is 223 g/mol. The minimum absolute atomic E-state index is 0.426. The van der Waals surface area contributed by atoms with E-state index in [2.05, 4.69) is 55.6 Å². The number of hydrogen-bond acceptors (Lipinski definition) is 2. The molecule has 0 fully saturated rings. The quantitative estimate of drug-likeness (QED) is 0.704. The first-order valence-corrected chi connectivity index (χ1v) is 6.18. The molecule has 1 atom stereocenters. The number of aryl methyl sites for hydroxylation is 1. The minimum atomic E-state index is 0.426. The van der Waals surface area contributed by atoms with Crippen LogP contribution in [0.1, 0.15) is 37.8 Å². The molecule has 84 valence electrons. The molecule has 1 aromatic carbocycles. The lowest BCUT2D eigenvalue weighted by atomic mass is 10.0. The number of rotatable bonds is 6. The van der Waals surface area contributed by atoms with Gasteiger partial charge >= 0.3 is 0 Å². The summed E-state index contributed by atoms with van der Waals surface area (Å²) in [5.74, 6) is 0. The summed E-state index contributed by atoms with van der Waals surface area (Å²) in [5.41, 5.74) is 2.83. The molecule has 0 saturated carbocycles. The molecular formula is C13H21NS. The molecular weight excluding hydrogens is 202 g/mol. The summed E-state index contributed by atoms with van der Waals surface area (Å²) in [6.07, 6.45) is 4.80. The van der Waals surface area contributed by atoms with Gasteiger partial charge in [-0.15, -0.1) is 0 Å². The number of hydrogen-bond donors (Lipinski definition) is 2. The van der Waals surface area contributed by atoms with Crippen LogP contribution in [0.5, 0.6) is 0 Å². The summed E-state index contributed by atoms with van der Waals surface area (Å²) in [7, 11) is 0. The lowest BCUT2D eigenvalue weighted by Gasteiger charge is -2.09. The molecule has 0 saturated heterocycles. The Morgan fingerprint density at radius 2 is 1.80 bits per heavy atom. The van der Waals surface area contributed by atoms with Gasteiger partial charge in [0, 0.05) is 6.04 Å². The topological polar surface area (TPSA) is 12.0 Å². The van der Waals surface area contributed by atoms with Gasteiger partial charge in [-0.2, -0.15) is 0 Å². The molecule has 1 N–H and O–H groups in total. The first-order chi connectivity index (χ1) is 7.26. The highest BCUT2D eigenvalue weighted by atomic mass is 32.1. The van der Waals surface area contributed by atoms with Crippen LogP contribution >= 0.6 is 12.8 Å². The van der Waals surface area contributed by atoms with Crippen LogP contribution in [0.25, 0.3) is 0 Å². The number of thiol groups is 1. The Balaban J connectivity index is 2.48. The Bertz CT molecular complexity index is 268. The third-order valence-electron chi connectivity index (χ3n) is 2.60. The van der Waals surface area contributed by atoms with Crippen molar-refractivity contribution in [3.05, 3.63) is 35.4 Å². The molecule has 1 aromatic rings. The van der Waals surface area contributed by atoms with Crippen LogP contribution in [0, 0.1) is 0 Å². The van der Waals surface area contributed by atoms with Crippen LogP contribution in [0.3, 0.4) is 0 Å². The van der Waals surface area contributed by atoms with Crippen LogP contribution in [0.4, 0.5) is 0 Å². The smallest absolute Gasteiger partial charge is 0.0181 e. The summed E-state index contributed by atoms with van der Waals surface area (Å²) < 4.78 is 2.96. The van der Waals surface area contributed by atoms with Gasteiger partial charge in [0.15, 0.2) is 0 Å². The molecule has 0 aromatic heterocycles. The highest BCUT2D eigenvalue weighted by molar-refractivity contribution is 7.78. The minimum Gasteiger partial charge on any atom is -0.264 e. The Labute approximate surface area is 98.8 Å². The largest absolute Gasteiger partial charge is 0.264 e. The van der Waals surface area contributed by atoms with Crippen molar-refractivity contribution in [2.75, 3.05) is 0 Å². The molecule has 1 rings (SSSR count). The van der Waals surface area contributed by atoms with Gasteiger partial charge in [-0.1, -0.05) is 50.4 Å². The van der Waals surface area contributed by atoms with E-state index in [-0.39, 0.29) is 0 Å². The zero-order valence-corrected chi connectivity index (χ0v) is 10.6. The van der Waals surface area contributed by atoms with Crippen LogP contribution < -0.4 is 4.72 Å². The summed E-state index contributed by atoms with van der Waals surface area (Å²) in [4.78, 5) is 0. The molecule has 0 radical (unpaired) electrons. The van der Waals surface area contributed by atoms with E-state index in [4.69, 9.17) is 0 Å². The number of benzene rings is 1. The van der Waals surface area contributed by atoms with Crippen molar-refractivity contribution in [1.82, 2.24) is 4.72 Å². The van der Waals surface area contributed by atoms with Gasteiger partial charge in [-0.05, 0) is 37.3 Å². The summed E-state index contributed by atoms with van der Waals surface area (Å²) in [6, 6.07) is 9.38. The second-order valence-corrected chi connectivity index (χ2v) is 4.41. The second-order valence-electron chi connectivity index (χ2n) is 4.15. The Morgan fingerprint density at radius 1 is 1.20 bits per heavy atom. The van der Waals surface area contributed by atoms with Crippen LogP contribution in [0.2, 0.25) is 0 Å². The van der Waals surface area contributed by atoms with Crippen LogP contribution in [0.15, 0.2) is 24.3 Å². The Hall–Kier alpha value is -0.470. The predicted octanol–water partition coefficient (Wildman–Crippen LogP) is 3.39. The molecule has 0 bridgehead atoms. The van der Waals surface area contributed by atoms with Crippen molar-refractivity contribution in [1.29, 1.82) is 0 Å². The molecule has 0 amide bonds. The maximum absolute atomic E-state index is 4.06. The van der Waals surface area contributed by atoms with Gasteiger partial charge in [0.2, 0.25) is 0 Å². The van der Waals surface area contributed by atoms with Crippen molar-refractivity contribution >= 4 is 12.8 Å². The van der Waals surface area contributed by atoms with Crippen molar-refractivity contribution in [3.8, 4) is 0 Å². The molecule has 1 nitrogen and oxygen atoms in total. The predicted molar refractivity (Wildman–Crippen MR) is 70.3 cm³/mol. The SMILES string of the molecule is CCCCc1ccc(CC(C)NS)cc1. The van der Waals surface area contributed by atoms with E-state index in [0.29, 0.717) is 6.04 Å². The maximum atomic E-state index is 4.06. The van der Waals surface area contributed by atoms with Crippen LogP contribution in [-0.4, -0.2) is 6.04 Å². The standard InChI is InChI=1S/C13H21NS/c1-3-4-5-12-6-8-13(9-7-12)10-11(2)14-15/h6-9,11,14-15H,3-5,10H2,1-2H3. The van der Waals surface area contributed by atoms with Gasteiger partial charge in [0.05, 0.1) is 0 Å². The summed E-state index contributed by atoms with van der Waals surface area (Å²) in [5, 5.41) is 0. The molecule has 0 heterocycles. The van der Waals surface area contributed by atoms with Crippen molar-refractivity contribution in [2.24, 2.45) is 0 Å². The van der Waals surface area contributed by atoms with Gasteiger partial charge in [0.25, 0.3) is 0 Å². The van der Waals surface area contributed by atoms with E-state index in [1.165, 1.54) is 30.4 Å². The lowest BCUT2D eigenvalue weighted by Crippen LogP contribution is -2.18. The normalized spacial score (nSPS) is 12.7. The Morgan fingerprint density at radius 3 is 2.33 bits per heavy atom. The number of nitrogens with one attached hydrogen (secondary N) is 1. The molecule has 0 aliphatic carbocycles. The fourth-order valence-electron chi connectivity index (χ4n) is 1.62. The maximum Gasteiger partial charge on any atom is 0.0181 e. The molecule has 2 heteroatoms. The average Bonchev–Trinajstić information content (AvgIpc) is 2.28. The van der Waals surface area contributed by atoms with Crippen molar-refractivity contribution in [3.63, 3.8) is 0 Å². The van der Waals surface area contributed by atoms with Gasteiger partial charge in [-0.25, -0.2) is 0 Å². The van der Waals surface area contributed by atoms with E-state index in [1.54, 1.807) is 0 Å². The molecule has 0 spiro atoms. The van der Waals surface area contributed by atoms with Crippen molar-refractivity contribution < 1.29 is 0 Å². The summed E-state index contributed by atoms with van der Waals surface area (Å²) in [6.45, 7) is 4.37. The molecule has 1 unspecified atom stereocenters. The number of unbranched alkanes of at least 4 members (excludes halogenated alkanes) is 1. The van der Waals surface area contributed by atoms with Crippen LogP contribution in [-0.2, 0) is 12.8 Å².